The molecule has 3 aromatic rings. The topological polar surface area (TPSA) is 67.9 Å². The van der Waals surface area contributed by atoms with E-state index in [-0.39, 0.29) is 18.4 Å². The van der Waals surface area contributed by atoms with E-state index in [1.54, 1.807) is 34.4 Å². The van der Waals surface area contributed by atoms with Crippen LogP contribution in [-0.4, -0.2) is 31.6 Å². The highest BCUT2D eigenvalue weighted by molar-refractivity contribution is 7.10. The van der Waals surface area contributed by atoms with Gasteiger partial charge in [0.05, 0.1) is 18.7 Å². The summed E-state index contributed by atoms with van der Waals surface area (Å²) >= 11 is 1.55. The average molecular weight is 423 g/mol. The molecule has 0 spiro atoms. The van der Waals surface area contributed by atoms with Crippen molar-refractivity contribution in [2.45, 2.75) is 13.3 Å². The number of carbonyl (C=O) groups excluding carboxylic acids is 2. The van der Waals surface area contributed by atoms with E-state index >= 15 is 0 Å². The Morgan fingerprint density at radius 1 is 1.20 bits per heavy atom. The molecule has 6 nitrogen and oxygen atoms in total. The van der Waals surface area contributed by atoms with E-state index in [9.17, 15) is 9.59 Å². The summed E-state index contributed by atoms with van der Waals surface area (Å²) in [6.45, 7) is 2.74. The van der Waals surface area contributed by atoms with Crippen molar-refractivity contribution >= 4 is 34.5 Å². The van der Waals surface area contributed by atoms with Crippen LogP contribution in [0.4, 0.5) is 11.4 Å². The van der Waals surface area contributed by atoms with Gasteiger partial charge < -0.3 is 19.7 Å². The number of nitrogens with zero attached hydrogens (tertiary/aromatic N) is 1. The van der Waals surface area contributed by atoms with Gasteiger partial charge in [-0.25, -0.2) is 0 Å². The number of rotatable bonds is 7. The third-order valence-electron chi connectivity index (χ3n) is 4.71. The van der Waals surface area contributed by atoms with Crippen molar-refractivity contribution in [2.75, 3.05) is 30.0 Å². The van der Waals surface area contributed by atoms with E-state index < -0.39 is 0 Å². The van der Waals surface area contributed by atoms with Crippen molar-refractivity contribution in [1.82, 2.24) is 0 Å². The summed E-state index contributed by atoms with van der Waals surface area (Å²) in [7, 11) is 0. The van der Waals surface area contributed by atoms with E-state index in [1.165, 1.54) is 0 Å². The van der Waals surface area contributed by atoms with Gasteiger partial charge in [0.25, 0.3) is 5.91 Å². The van der Waals surface area contributed by atoms with Crippen LogP contribution in [0.3, 0.4) is 0 Å². The number of hydrogen-bond acceptors (Lipinski definition) is 5. The van der Waals surface area contributed by atoms with Gasteiger partial charge in [-0.1, -0.05) is 23.8 Å². The first-order valence-electron chi connectivity index (χ1n) is 9.67. The first-order chi connectivity index (χ1) is 14.6. The number of amides is 2. The summed E-state index contributed by atoms with van der Waals surface area (Å²) < 4.78 is 11.3. The van der Waals surface area contributed by atoms with Gasteiger partial charge in [0.1, 0.15) is 18.1 Å². The van der Waals surface area contributed by atoms with Crippen LogP contribution in [0.2, 0.25) is 0 Å². The highest BCUT2D eigenvalue weighted by Gasteiger charge is 2.26. The van der Waals surface area contributed by atoms with Gasteiger partial charge in [0.15, 0.2) is 6.61 Å². The van der Waals surface area contributed by atoms with Crippen LogP contribution in [0.1, 0.15) is 10.4 Å². The lowest BCUT2D eigenvalue weighted by Crippen LogP contribution is -2.41. The zero-order valence-electron chi connectivity index (χ0n) is 16.6. The van der Waals surface area contributed by atoms with Crippen LogP contribution in [0, 0.1) is 6.92 Å². The summed E-state index contributed by atoms with van der Waals surface area (Å²) in [4.78, 5) is 27.4. The summed E-state index contributed by atoms with van der Waals surface area (Å²) in [6, 6.07) is 17.0. The Bertz CT molecular complexity index is 1030. The molecule has 0 fully saturated rings. The summed E-state index contributed by atoms with van der Waals surface area (Å²) in [5, 5.41) is 4.84. The molecule has 0 radical (unpaired) electrons. The van der Waals surface area contributed by atoms with E-state index in [1.807, 2.05) is 48.7 Å². The van der Waals surface area contributed by atoms with Crippen LogP contribution >= 0.6 is 11.3 Å². The average Bonchev–Trinajstić information content (AvgIpc) is 3.24. The van der Waals surface area contributed by atoms with Crippen LogP contribution in [0.5, 0.6) is 11.5 Å². The van der Waals surface area contributed by atoms with E-state index in [2.05, 4.69) is 5.32 Å². The molecule has 0 saturated heterocycles. The molecule has 1 aliphatic rings. The van der Waals surface area contributed by atoms with Crippen LogP contribution < -0.4 is 19.7 Å². The third kappa shape index (κ3) is 4.80. The highest BCUT2D eigenvalue weighted by atomic mass is 32.1. The minimum atomic E-state index is -0.142. The summed E-state index contributed by atoms with van der Waals surface area (Å²) in [5.41, 5.74) is 2.42. The van der Waals surface area contributed by atoms with Crippen molar-refractivity contribution in [1.29, 1.82) is 0 Å². The molecule has 1 N–H and O–H groups in total. The molecule has 0 unspecified atom stereocenters. The first kappa shape index (κ1) is 20.0. The van der Waals surface area contributed by atoms with Crippen molar-refractivity contribution in [3.05, 3.63) is 70.4 Å². The molecule has 1 aliphatic heterocycles. The maximum atomic E-state index is 12.4. The monoisotopic (exact) mass is 422 g/mol. The molecule has 0 bridgehead atoms. The minimum Gasteiger partial charge on any atom is -0.492 e. The lowest BCUT2D eigenvalue weighted by Gasteiger charge is -2.29. The summed E-state index contributed by atoms with van der Waals surface area (Å²) in [5.74, 6) is 1.13. The summed E-state index contributed by atoms with van der Waals surface area (Å²) in [6.07, 6.45) is 0.318. The predicted octanol–water partition coefficient (Wildman–Crippen LogP) is 4.04. The lowest BCUT2D eigenvalue weighted by atomic mass is 10.2. The predicted molar refractivity (Wildman–Crippen MR) is 118 cm³/mol. The molecule has 1 aromatic heterocycles. The molecule has 0 saturated carbocycles. The minimum absolute atomic E-state index is 0.0123. The van der Waals surface area contributed by atoms with E-state index in [0.29, 0.717) is 36.7 Å². The van der Waals surface area contributed by atoms with Gasteiger partial charge in [-0.15, -0.1) is 11.3 Å². The fraction of sp³-hybridized carbons (Fsp3) is 0.217. The molecular weight excluding hydrogens is 400 g/mol. The van der Waals surface area contributed by atoms with E-state index in [4.69, 9.17) is 9.47 Å². The zero-order chi connectivity index (χ0) is 20.9. The standard InChI is InChI=1S/C23H22N2O4S/c1-16-4-7-18(8-5-16)28-11-10-25-20-13-17(6-9-21(20)29-15-23(25)27)24-22(26)14-19-3-2-12-30-19/h2-9,12-13H,10-11,14-15H2,1H3,(H,24,26). The molecular formula is C23H22N2O4S. The number of aryl methyl sites for hydroxylation is 1. The zero-order valence-corrected chi connectivity index (χ0v) is 17.4. The number of thiophene rings is 1. The van der Waals surface area contributed by atoms with Crippen LogP contribution in [0.15, 0.2) is 60.0 Å². The Balaban J connectivity index is 1.43. The third-order valence-corrected chi connectivity index (χ3v) is 5.58. The molecule has 0 atom stereocenters. The second-order valence-electron chi connectivity index (χ2n) is 6.98. The van der Waals surface area contributed by atoms with Gasteiger partial charge in [-0.3, -0.25) is 9.59 Å². The molecule has 30 heavy (non-hydrogen) atoms. The molecule has 2 heterocycles. The Labute approximate surface area is 179 Å². The number of benzene rings is 2. The number of ether oxygens (including phenoxy) is 2. The number of anilines is 2. The maximum absolute atomic E-state index is 12.4. The highest BCUT2D eigenvalue weighted by Crippen LogP contribution is 2.34. The molecule has 0 aliphatic carbocycles. The van der Waals surface area contributed by atoms with Crippen LogP contribution in [0.25, 0.3) is 0 Å². The fourth-order valence-electron chi connectivity index (χ4n) is 3.19. The van der Waals surface area contributed by atoms with Crippen molar-refractivity contribution in [3.8, 4) is 11.5 Å². The molecule has 2 aromatic carbocycles. The number of carbonyl (C=O) groups is 2. The Morgan fingerprint density at radius 3 is 2.80 bits per heavy atom. The Kier molecular flexibility index (Phi) is 5.99. The fourth-order valence-corrected chi connectivity index (χ4v) is 3.89. The lowest BCUT2D eigenvalue weighted by molar-refractivity contribution is -0.121. The second kappa shape index (κ2) is 9.00. The largest absolute Gasteiger partial charge is 0.492 e. The van der Waals surface area contributed by atoms with Crippen molar-refractivity contribution in [3.63, 3.8) is 0 Å². The van der Waals surface area contributed by atoms with Gasteiger partial charge in [-0.05, 0) is 48.7 Å². The van der Waals surface area contributed by atoms with Gasteiger partial charge >= 0.3 is 0 Å². The number of hydrogen-bond donors (Lipinski definition) is 1. The number of nitrogens with one attached hydrogen (secondary N) is 1. The Morgan fingerprint density at radius 2 is 2.03 bits per heavy atom. The molecule has 7 heteroatoms. The number of fused-ring (bicyclic) bond motifs is 1. The van der Waals surface area contributed by atoms with Gasteiger partial charge in [-0.2, -0.15) is 0 Å². The van der Waals surface area contributed by atoms with E-state index in [0.717, 1.165) is 16.2 Å². The smallest absolute Gasteiger partial charge is 0.265 e. The first-order valence-corrected chi connectivity index (χ1v) is 10.6. The SMILES string of the molecule is Cc1ccc(OCCN2C(=O)COc3ccc(NC(=O)Cc4cccs4)cc32)cc1. The molecule has 154 valence electrons. The Hall–Kier alpha value is -3.32. The quantitative estimate of drug-likeness (QED) is 0.624. The normalized spacial score (nSPS) is 12.8. The van der Waals surface area contributed by atoms with Crippen molar-refractivity contribution in [2.24, 2.45) is 0 Å². The molecule has 4 rings (SSSR count). The van der Waals surface area contributed by atoms with Gasteiger partial charge in [0, 0.05) is 10.6 Å². The van der Waals surface area contributed by atoms with Crippen molar-refractivity contribution < 1.29 is 19.1 Å². The van der Waals surface area contributed by atoms with Gasteiger partial charge in [0.2, 0.25) is 5.91 Å². The van der Waals surface area contributed by atoms with Crippen LogP contribution in [-0.2, 0) is 16.0 Å². The maximum Gasteiger partial charge on any atom is 0.265 e. The molecule has 2 amide bonds. The second-order valence-corrected chi connectivity index (χ2v) is 8.01.